The second-order valence-electron chi connectivity index (χ2n) is 9.14. The molecule has 0 atom stereocenters. The number of hydrogen-bond acceptors (Lipinski definition) is 0. The van der Waals surface area contributed by atoms with Crippen LogP contribution in [0.3, 0.4) is 0 Å². The van der Waals surface area contributed by atoms with Gasteiger partial charge in [-0.2, -0.15) is 0 Å². The first-order valence-corrected chi connectivity index (χ1v) is 13.6. The monoisotopic (exact) mass is 586 g/mol. The molecule has 7 aromatic rings. The molecule has 7 aromatic carbocycles. The maximum absolute atomic E-state index is 3.81. The molecule has 0 heterocycles. The summed E-state index contributed by atoms with van der Waals surface area (Å²) in [5.41, 5.74) is 4.99. The summed E-state index contributed by atoms with van der Waals surface area (Å²) in [6, 6.07) is 43.9. The van der Waals surface area contributed by atoms with Crippen LogP contribution < -0.4 is 0 Å². The summed E-state index contributed by atoms with van der Waals surface area (Å²) in [4.78, 5) is 0. The average Bonchev–Trinajstić information content (AvgIpc) is 2.94. The molecule has 0 N–H and O–H groups in total. The van der Waals surface area contributed by atoms with Gasteiger partial charge in [0.05, 0.1) is 0 Å². The predicted molar refractivity (Wildman–Crippen MR) is 163 cm³/mol. The zero-order valence-electron chi connectivity index (χ0n) is 19.3. The third-order valence-electron chi connectivity index (χ3n) is 7.16. The first-order chi connectivity index (χ1) is 17.7. The highest BCUT2D eigenvalue weighted by atomic mass is 79.9. The van der Waals surface area contributed by atoms with E-state index in [0.29, 0.717) is 0 Å². The van der Waals surface area contributed by atoms with Crippen molar-refractivity contribution in [3.63, 3.8) is 0 Å². The standard InChI is InChI=1S/C34H20Br2/c35-29-19-27-28(20-30(29)36)32(22-13-5-2-6-14-22)34-26-18-10-8-16-24(26)23-15-7-9-17-25(23)33(34)31(27)21-11-3-1-4-12-21/h1-20H. The molecule has 0 spiro atoms. The van der Waals surface area contributed by atoms with Crippen molar-refractivity contribution in [3.05, 3.63) is 130 Å². The Labute approximate surface area is 226 Å². The van der Waals surface area contributed by atoms with Crippen LogP contribution in [-0.2, 0) is 0 Å². The molecule has 0 fully saturated rings. The Morgan fingerprint density at radius 2 is 0.667 bits per heavy atom. The smallest absolute Gasteiger partial charge is 0.0324 e. The van der Waals surface area contributed by atoms with Gasteiger partial charge in [-0.3, -0.25) is 0 Å². The van der Waals surface area contributed by atoms with E-state index < -0.39 is 0 Å². The van der Waals surface area contributed by atoms with Crippen molar-refractivity contribution >= 4 is 74.9 Å². The summed E-state index contributed by atoms with van der Waals surface area (Å²) < 4.78 is 2.10. The lowest BCUT2D eigenvalue weighted by atomic mass is 9.81. The van der Waals surface area contributed by atoms with Crippen LogP contribution in [-0.4, -0.2) is 0 Å². The fourth-order valence-electron chi connectivity index (χ4n) is 5.70. The molecule has 0 nitrogen and oxygen atoms in total. The van der Waals surface area contributed by atoms with Crippen LogP contribution in [0.15, 0.2) is 130 Å². The third kappa shape index (κ3) is 3.25. The van der Waals surface area contributed by atoms with Gasteiger partial charge in [-0.1, -0.05) is 109 Å². The SMILES string of the molecule is Brc1cc2c(-c3ccccc3)c3c4ccccc4c4ccccc4c3c(-c3ccccc3)c2cc1Br. The molecule has 0 radical (unpaired) electrons. The first kappa shape index (κ1) is 21.8. The van der Waals surface area contributed by atoms with Crippen LogP contribution in [0.4, 0.5) is 0 Å². The molecule has 0 aliphatic heterocycles. The Balaban J connectivity index is 1.90. The van der Waals surface area contributed by atoms with E-state index in [4.69, 9.17) is 0 Å². The van der Waals surface area contributed by atoms with Crippen LogP contribution in [0.1, 0.15) is 0 Å². The van der Waals surface area contributed by atoms with Crippen LogP contribution in [0.2, 0.25) is 0 Å². The highest BCUT2D eigenvalue weighted by Crippen LogP contribution is 2.50. The fourth-order valence-corrected chi connectivity index (χ4v) is 6.39. The molecule has 0 amide bonds. The maximum atomic E-state index is 3.81. The first-order valence-electron chi connectivity index (χ1n) is 12.0. The van der Waals surface area contributed by atoms with Crippen LogP contribution in [0, 0.1) is 0 Å². The summed E-state index contributed by atoms with van der Waals surface area (Å²) in [5, 5.41) is 10.2. The molecule has 0 unspecified atom stereocenters. The average molecular weight is 588 g/mol. The van der Waals surface area contributed by atoms with Crippen molar-refractivity contribution in [1.82, 2.24) is 0 Å². The van der Waals surface area contributed by atoms with Gasteiger partial charge in [-0.15, -0.1) is 0 Å². The van der Waals surface area contributed by atoms with Gasteiger partial charge in [0.15, 0.2) is 0 Å². The Hall–Kier alpha value is -3.46. The van der Waals surface area contributed by atoms with E-state index in [2.05, 4.69) is 153 Å². The molecule has 0 saturated heterocycles. The molecule has 7 rings (SSSR count). The van der Waals surface area contributed by atoms with Gasteiger partial charge in [0.1, 0.15) is 0 Å². The molecule has 170 valence electrons. The summed E-state index contributed by atoms with van der Waals surface area (Å²) >= 11 is 7.62. The highest BCUT2D eigenvalue weighted by Gasteiger charge is 2.22. The van der Waals surface area contributed by atoms with Crippen molar-refractivity contribution in [2.45, 2.75) is 0 Å². The maximum Gasteiger partial charge on any atom is 0.0324 e. The van der Waals surface area contributed by atoms with E-state index in [1.807, 2.05) is 0 Å². The Kier molecular flexibility index (Phi) is 5.20. The van der Waals surface area contributed by atoms with E-state index in [9.17, 15) is 0 Å². The quantitative estimate of drug-likeness (QED) is 0.139. The molecular formula is C34H20Br2. The molecule has 36 heavy (non-hydrogen) atoms. The minimum Gasteiger partial charge on any atom is -0.0622 e. The molecule has 0 bridgehead atoms. The van der Waals surface area contributed by atoms with Gasteiger partial charge in [-0.25, -0.2) is 0 Å². The summed E-state index contributed by atoms with van der Waals surface area (Å²) in [6.45, 7) is 0. The Bertz CT molecular complexity index is 1800. The van der Waals surface area contributed by atoms with Gasteiger partial charge in [0.25, 0.3) is 0 Å². The summed E-state index contributed by atoms with van der Waals surface area (Å²) in [6.07, 6.45) is 0. The van der Waals surface area contributed by atoms with Gasteiger partial charge in [-0.05, 0) is 109 Å². The lowest BCUT2D eigenvalue weighted by Crippen LogP contribution is -1.94. The number of benzene rings is 7. The molecule has 0 aliphatic carbocycles. The van der Waals surface area contributed by atoms with E-state index >= 15 is 0 Å². The molecular weight excluding hydrogens is 568 g/mol. The van der Waals surface area contributed by atoms with E-state index in [-0.39, 0.29) is 0 Å². The molecule has 0 aliphatic rings. The van der Waals surface area contributed by atoms with Crippen molar-refractivity contribution in [3.8, 4) is 22.3 Å². The highest BCUT2D eigenvalue weighted by molar-refractivity contribution is 9.13. The molecule has 0 saturated carbocycles. The largest absolute Gasteiger partial charge is 0.0622 e. The normalized spacial score (nSPS) is 11.6. The zero-order valence-corrected chi connectivity index (χ0v) is 22.5. The van der Waals surface area contributed by atoms with Crippen molar-refractivity contribution in [2.75, 3.05) is 0 Å². The van der Waals surface area contributed by atoms with Gasteiger partial charge >= 0.3 is 0 Å². The van der Waals surface area contributed by atoms with Crippen LogP contribution in [0.5, 0.6) is 0 Å². The minimum absolute atomic E-state index is 1.05. The molecule has 2 heteroatoms. The van der Waals surface area contributed by atoms with Gasteiger partial charge in [0, 0.05) is 8.95 Å². The molecule has 0 aromatic heterocycles. The van der Waals surface area contributed by atoms with Gasteiger partial charge in [0.2, 0.25) is 0 Å². The Morgan fingerprint density at radius 3 is 1.06 bits per heavy atom. The number of rotatable bonds is 2. The third-order valence-corrected chi connectivity index (χ3v) is 9.00. The van der Waals surface area contributed by atoms with E-state index in [1.165, 1.54) is 65.3 Å². The second-order valence-corrected chi connectivity index (χ2v) is 10.8. The Morgan fingerprint density at radius 1 is 0.333 bits per heavy atom. The topological polar surface area (TPSA) is 0 Å². The van der Waals surface area contributed by atoms with Gasteiger partial charge < -0.3 is 0 Å². The summed E-state index contributed by atoms with van der Waals surface area (Å²) in [5.74, 6) is 0. The number of halogens is 2. The van der Waals surface area contributed by atoms with Crippen LogP contribution in [0.25, 0.3) is 65.3 Å². The zero-order chi connectivity index (χ0) is 24.2. The minimum atomic E-state index is 1.05. The number of fused-ring (bicyclic) bond motifs is 7. The predicted octanol–water partition coefficient (Wildman–Crippen LogP) is 11.2. The number of hydrogen-bond donors (Lipinski definition) is 0. The van der Waals surface area contributed by atoms with Crippen molar-refractivity contribution in [1.29, 1.82) is 0 Å². The fraction of sp³-hybridized carbons (Fsp3) is 0. The second kappa shape index (κ2) is 8.58. The lowest BCUT2D eigenvalue weighted by Gasteiger charge is -2.22. The summed E-state index contributed by atoms with van der Waals surface area (Å²) in [7, 11) is 0. The van der Waals surface area contributed by atoms with Crippen molar-refractivity contribution < 1.29 is 0 Å². The van der Waals surface area contributed by atoms with Crippen molar-refractivity contribution in [2.24, 2.45) is 0 Å². The van der Waals surface area contributed by atoms with E-state index in [0.717, 1.165) is 8.95 Å². The van der Waals surface area contributed by atoms with Crippen LogP contribution >= 0.6 is 31.9 Å². The van der Waals surface area contributed by atoms with E-state index in [1.54, 1.807) is 0 Å². The lowest BCUT2D eigenvalue weighted by molar-refractivity contribution is 1.63.